The molecule has 1 fully saturated rings. The summed E-state index contributed by atoms with van der Waals surface area (Å²) >= 11 is 2.85. The van der Waals surface area contributed by atoms with Crippen LogP contribution in [0.5, 0.6) is 0 Å². The van der Waals surface area contributed by atoms with E-state index >= 15 is 0 Å². The summed E-state index contributed by atoms with van der Waals surface area (Å²) in [5.74, 6) is 0. The molecule has 0 radical (unpaired) electrons. The molecule has 2 aromatic rings. The third-order valence-electron chi connectivity index (χ3n) is 3.31. The second-order valence-electron chi connectivity index (χ2n) is 4.78. The van der Waals surface area contributed by atoms with Gasteiger partial charge in [0, 0.05) is 17.5 Å². The molecule has 2 aromatic heterocycles. The van der Waals surface area contributed by atoms with Crippen molar-refractivity contribution in [2.45, 2.75) is 36.9 Å². The van der Waals surface area contributed by atoms with E-state index in [-0.39, 0.29) is 17.5 Å². The normalized spacial score (nSPS) is 15.9. The van der Waals surface area contributed by atoms with Gasteiger partial charge in [-0.15, -0.1) is 11.3 Å². The summed E-state index contributed by atoms with van der Waals surface area (Å²) < 4.78 is 27.2. The first-order valence-electron chi connectivity index (χ1n) is 6.33. The fourth-order valence-corrected chi connectivity index (χ4v) is 5.74. The molecule has 0 amide bonds. The topological polar surface area (TPSA) is 57.6 Å². The van der Waals surface area contributed by atoms with Crippen LogP contribution in [0.15, 0.2) is 33.2 Å². The first kappa shape index (κ1) is 14.2. The van der Waals surface area contributed by atoms with Gasteiger partial charge in [-0.3, -0.25) is 0 Å². The first-order valence-corrected chi connectivity index (χ1v) is 9.59. The van der Waals surface area contributed by atoms with E-state index in [0.29, 0.717) is 11.4 Å². The number of thiophene rings is 2. The lowest BCUT2D eigenvalue weighted by molar-refractivity contribution is 0.282. The Morgan fingerprint density at radius 1 is 1.30 bits per heavy atom. The zero-order valence-corrected chi connectivity index (χ0v) is 13.2. The molecule has 0 unspecified atom stereocenters. The Kier molecular flexibility index (Phi) is 3.96. The molecule has 0 saturated heterocycles. The van der Waals surface area contributed by atoms with Crippen molar-refractivity contribution in [3.05, 3.63) is 38.7 Å². The molecule has 1 saturated carbocycles. The van der Waals surface area contributed by atoms with Gasteiger partial charge in [0.25, 0.3) is 0 Å². The summed E-state index contributed by atoms with van der Waals surface area (Å²) in [5.41, 5.74) is 1.02. The van der Waals surface area contributed by atoms with Crippen molar-refractivity contribution in [2.75, 3.05) is 0 Å². The second-order valence-corrected chi connectivity index (χ2v) is 8.42. The minimum Gasteiger partial charge on any atom is -0.391 e. The summed E-state index contributed by atoms with van der Waals surface area (Å²) in [6.45, 7) is 0.181. The quantitative estimate of drug-likeness (QED) is 0.886. The van der Waals surface area contributed by atoms with Crippen molar-refractivity contribution < 1.29 is 13.5 Å². The highest BCUT2D eigenvalue weighted by Crippen LogP contribution is 2.35. The zero-order chi connectivity index (χ0) is 14.2. The number of hydrogen-bond acceptors (Lipinski definition) is 5. The van der Waals surface area contributed by atoms with Crippen LogP contribution in [0.2, 0.25) is 0 Å². The molecule has 0 aliphatic heterocycles. The van der Waals surface area contributed by atoms with Crippen LogP contribution in [-0.4, -0.2) is 23.9 Å². The summed E-state index contributed by atoms with van der Waals surface area (Å²) in [4.78, 5) is 0.771. The highest BCUT2D eigenvalue weighted by atomic mass is 32.2. The van der Waals surface area contributed by atoms with Crippen molar-refractivity contribution in [1.29, 1.82) is 0 Å². The number of nitrogens with zero attached hydrogens (tertiary/aromatic N) is 1. The van der Waals surface area contributed by atoms with Crippen LogP contribution in [0.25, 0.3) is 0 Å². The maximum Gasteiger partial charge on any atom is 0.244 e. The maximum absolute atomic E-state index is 12.8. The lowest BCUT2D eigenvalue weighted by atomic mass is 10.3. The minimum atomic E-state index is -3.52. The third-order valence-corrected chi connectivity index (χ3v) is 7.06. The molecule has 0 aromatic carbocycles. The highest BCUT2D eigenvalue weighted by Gasteiger charge is 2.39. The molecular weight excluding hydrogens is 314 g/mol. The fourth-order valence-electron chi connectivity index (χ4n) is 2.14. The van der Waals surface area contributed by atoms with E-state index in [0.717, 1.165) is 18.4 Å². The number of hydrogen-bond donors (Lipinski definition) is 1. The van der Waals surface area contributed by atoms with Crippen molar-refractivity contribution in [3.8, 4) is 0 Å². The van der Waals surface area contributed by atoms with Gasteiger partial charge in [-0.05, 0) is 46.7 Å². The molecule has 1 N–H and O–H groups in total. The monoisotopic (exact) mass is 329 g/mol. The average molecular weight is 329 g/mol. The van der Waals surface area contributed by atoms with E-state index in [9.17, 15) is 13.5 Å². The van der Waals surface area contributed by atoms with Gasteiger partial charge in [0.1, 0.15) is 0 Å². The van der Waals surface area contributed by atoms with Crippen molar-refractivity contribution in [1.82, 2.24) is 4.31 Å². The van der Waals surface area contributed by atoms with Crippen LogP contribution < -0.4 is 0 Å². The van der Waals surface area contributed by atoms with Crippen molar-refractivity contribution in [2.24, 2.45) is 0 Å². The molecule has 1 aliphatic carbocycles. The lowest BCUT2D eigenvalue weighted by Crippen LogP contribution is -2.32. The molecule has 7 heteroatoms. The Bertz CT molecular complexity index is 672. The van der Waals surface area contributed by atoms with Crippen molar-refractivity contribution >= 4 is 32.7 Å². The van der Waals surface area contributed by atoms with Gasteiger partial charge in [-0.1, -0.05) is 0 Å². The van der Waals surface area contributed by atoms with Crippen LogP contribution in [0.4, 0.5) is 0 Å². The molecule has 4 nitrogen and oxygen atoms in total. The van der Waals surface area contributed by atoms with E-state index in [1.165, 1.54) is 11.3 Å². The molecule has 1 aliphatic rings. The van der Waals surface area contributed by atoms with E-state index in [4.69, 9.17) is 0 Å². The van der Waals surface area contributed by atoms with Crippen molar-refractivity contribution in [3.63, 3.8) is 0 Å². The molecule has 20 heavy (non-hydrogen) atoms. The van der Waals surface area contributed by atoms with Gasteiger partial charge in [0.2, 0.25) is 10.0 Å². The zero-order valence-electron chi connectivity index (χ0n) is 10.7. The van der Waals surface area contributed by atoms with Gasteiger partial charge in [0.15, 0.2) is 0 Å². The Labute approximate surface area is 126 Å². The molecule has 0 bridgehead atoms. The predicted octanol–water partition coefficient (Wildman–Crippen LogP) is 2.66. The number of rotatable bonds is 6. The fraction of sp³-hybridized carbons (Fsp3) is 0.385. The molecule has 0 atom stereocenters. The SMILES string of the molecule is O=S(=O)(c1ccsc1CO)N(Cc1ccsc1)C1CC1. The van der Waals surface area contributed by atoms with Crippen LogP contribution in [0.3, 0.4) is 0 Å². The number of aliphatic hydroxyl groups is 1. The van der Waals surface area contributed by atoms with Gasteiger partial charge < -0.3 is 5.11 Å². The molecule has 3 rings (SSSR count). The smallest absolute Gasteiger partial charge is 0.244 e. The van der Waals surface area contributed by atoms with Gasteiger partial charge in [-0.2, -0.15) is 15.6 Å². The van der Waals surface area contributed by atoms with Gasteiger partial charge in [-0.25, -0.2) is 8.42 Å². The highest BCUT2D eigenvalue weighted by molar-refractivity contribution is 7.89. The van der Waals surface area contributed by atoms with Crippen LogP contribution in [0.1, 0.15) is 23.3 Å². The third kappa shape index (κ3) is 2.68. The van der Waals surface area contributed by atoms with E-state index in [1.807, 2.05) is 16.8 Å². The Balaban J connectivity index is 1.94. The first-order chi connectivity index (χ1) is 9.63. The Morgan fingerprint density at radius 3 is 2.70 bits per heavy atom. The molecule has 108 valence electrons. The summed E-state index contributed by atoms with van der Waals surface area (Å²) in [7, 11) is -3.52. The van der Waals surface area contributed by atoms with Gasteiger partial charge in [0.05, 0.1) is 11.5 Å². The standard InChI is InChI=1S/C13H15NO3S3/c15-8-12-13(4-6-19-12)20(16,17)14(11-1-2-11)7-10-3-5-18-9-10/h3-6,9,11,15H,1-2,7-8H2. The maximum atomic E-state index is 12.8. The molecule has 2 heterocycles. The minimum absolute atomic E-state index is 0.103. The summed E-state index contributed by atoms with van der Waals surface area (Å²) in [6.07, 6.45) is 1.84. The average Bonchev–Trinajstić information content (AvgIpc) is 2.95. The number of sulfonamides is 1. The van der Waals surface area contributed by atoms with Crippen LogP contribution in [0, 0.1) is 0 Å². The molecule has 0 spiro atoms. The summed E-state index contributed by atoms with van der Waals surface area (Å²) in [6, 6.07) is 3.65. The largest absolute Gasteiger partial charge is 0.391 e. The van der Waals surface area contributed by atoms with E-state index in [1.54, 1.807) is 27.1 Å². The molecular formula is C13H15NO3S3. The van der Waals surface area contributed by atoms with E-state index < -0.39 is 10.0 Å². The van der Waals surface area contributed by atoms with Gasteiger partial charge >= 0.3 is 0 Å². The van der Waals surface area contributed by atoms with E-state index in [2.05, 4.69) is 0 Å². The predicted molar refractivity (Wildman–Crippen MR) is 80.3 cm³/mol. The van der Waals surface area contributed by atoms with Crippen LogP contribution >= 0.6 is 22.7 Å². The lowest BCUT2D eigenvalue weighted by Gasteiger charge is -2.21. The number of aliphatic hydroxyl groups excluding tert-OH is 1. The summed E-state index contributed by atoms with van der Waals surface area (Å²) in [5, 5.41) is 14.9. The Hall–Kier alpha value is -0.730. The van der Waals surface area contributed by atoms with Crippen LogP contribution in [-0.2, 0) is 23.2 Å². The second kappa shape index (κ2) is 5.57. The Morgan fingerprint density at radius 2 is 2.10 bits per heavy atom.